The van der Waals surface area contributed by atoms with Crippen molar-refractivity contribution in [2.45, 2.75) is 32.2 Å². The maximum atomic E-state index is 12.3. The molecule has 1 aliphatic rings. The molecule has 0 aromatic heterocycles. The van der Waals surface area contributed by atoms with Crippen LogP contribution in [0.15, 0.2) is 24.3 Å². The average Bonchev–Trinajstić information content (AvgIpc) is 2.63. The molecule has 0 unspecified atom stereocenters. The topological polar surface area (TPSA) is 84.9 Å². The number of alkyl halides is 1. The van der Waals surface area contributed by atoms with Gasteiger partial charge in [-0.25, -0.2) is 4.79 Å². The van der Waals surface area contributed by atoms with Crippen LogP contribution in [0.4, 0.5) is 4.79 Å². The van der Waals surface area contributed by atoms with Gasteiger partial charge in [-0.15, -0.1) is 11.6 Å². The Balaban J connectivity index is 1.81. The number of ether oxygens (including phenoxy) is 2. The zero-order valence-corrected chi connectivity index (χ0v) is 15.5. The van der Waals surface area contributed by atoms with Gasteiger partial charge >= 0.3 is 6.16 Å². The molecule has 1 heterocycles. The van der Waals surface area contributed by atoms with Crippen molar-refractivity contribution in [1.29, 1.82) is 0 Å². The number of piperidine rings is 1. The van der Waals surface area contributed by atoms with Gasteiger partial charge in [0.2, 0.25) is 5.91 Å². The number of amides is 2. The lowest BCUT2D eigenvalue weighted by atomic mass is 10.0. The van der Waals surface area contributed by atoms with Crippen LogP contribution in [0, 0.1) is 0 Å². The number of hydrogen-bond donors (Lipinski definition) is 1. The molecule has 0 bridgehead atoms. The Bertz CT molecular complexity index is 627. The molecule has 8 heteroatoms. The molecule has 1 saturated heterocycles. The molecule has 1 fully saturated rings. The predicted octanol–water partition coefficient (Wildman–Crippen LogP) is 2.57. The van der Waals surface area contributed by atoms with Gasteiger partial charge in [0.25, 0.3) is 5.91 Å². The highest BCUT2D eigenvalue weighted by Crippen LogP contribution is 2.15. The van der Waals surface area contributed by atoms with Gasteiger partial charge < -0.3 is 19.7 Å². The molecule has 0 atom stereocenters. The first kappa shape index (κ1) is 20.0. The molecule has 0 saturated carbocycles. The third-order valence-corrected chi connectivity index (χ3v) is 4.26. The fourth-order valence-corrected chi connectivity index (χ4v) is 2.86. The summed E-state index contributed by atoms with van der Waals surface area (Å²) in [5.41, 5.74) is 0.474. The van der Waals surface area contributed by atoms with Crippen molar-refractivity contribution in [3.05, 3.63) is 29.8 Å². The van der Waals surface area contributed by atoms with Crippen LogP contribution < -0.4 is 10.1 Å². The van der Waals surface area contributed by atoms with Crippen LogP contribution in [0.2, 0.25) is 0 Å². The van der Waals surface area contributed by atoms with Crippen molar-refractivity contribution < 1.29 is 23.9 Å². The van der Waals surface area contributed by atoms with Gasteiger partial charge in [0.1, 0.15) is 5.75 Å². The fraction of sp³-hybridized carbons (Fsp3) is 0.500. The Morgan fingerprint density at radius 3 is 2.42 bits per heavy atom. The zero-order chi connectivity index (χ0) is 18.9. The first-order chi connectivity index (χ1) is 12.5. The van der Waals surface area contributed by atoms with Crippen molar-refractivity contribution in [2.24, 2.45) is 0 Å². The molecule has 142 valence electrons. The van der Waals surface area contributed by atoms with Crippen molar-refractivity contribution >= 4 is 29.6 Å². The second-order valence-electron chi connectivity index (χ2n) is 5.88. The molecule has 0 aliphatic carbocycles. The van der Waals surface area contributed by atoms with Crippen LogP contribution in [0.5, 0.6) is 5.75 Å². The Hall–Kier alpha value is -2.28. The van der Waals surface area contributed by atoms with E-state index in [1.54, 1.807) is 36.1 Å². The van der Waals surface area contributed by atoms with E-state index in [0.717, 1.165) is 0 Å². The monoisotopic (exact) mass is 382 g/mol. The van der Waals surface area contributed by atoms with E-state index in [4.69, 9.17) is 16.3 Å². The van der Waals surface area contributed by atoms with Crippen LogP contribution in [0.25, 0.3) is 0 Å². The van der Waals surface area contributed by atoms with Crippen molar-refractivity contribution in [3.63, 3.8) is 0 Å². The number of carbonyl (C=O) groups is 3. The summed E-state index contributed by atoms with van der Waals surface area (Å²) in [6.07, 6.45) is 0.993. The highest BCUT2D eigenvalue weighted by molar-refractivity contribution is 6.18. The number of nitrogens with one attached hydrogen (secondary N) is 1. The van der Waals surface area contributed by atoms with Gasteiger partial charge in [-0.1, -0.05) is 0 Å². The minimum atomic E-state index is -0.778. The van der Waals surface area contributed by atoms with Crippen molar-refractivity contribution in [3.8, 4) is 5.75 Å². The second-order valence-corrected chi connectivity index (χ2v) is 6.25. The van der Waals surface area contributed by atoms with Gasteiger partial charge in [-0.2, -0.15) is 0 Å². The quantitative estimate of drug-likeness (QED) is 0.464. The fourth-order valence-electron chi connectivity index (χ4n) is 2.70. The summed E-state index contributed by atoms with van der Waals surface area (Å²) >= 11 is 5.60. The molecule has 0 spiro atoms. The third kappa shape index (κ3) is 5.91. The van der Waals surface area contributed by atoms with E-state index in [0.29, 0.717) is 49.5 Å². The third-order valence-electron chi connectivity index (χ3n) is 4.07. The minimum Gasteiger partial charge on any atom is -0.434 e. The van der Waals surface area contributed by atoms with Crippen molar-refractivity contribution in [1.82, 2.24) is 10.2 Å². The standard InChI is InChI=1S/C18H23ClN2O5/c1-2-25-18(24)26-15-5-3-13(4-6-15)17(23)20-14-8-11-21(12-9-14)16(22)7-10-19/h3-6,14H,2,7-12H2,1H3,(H,20,23). The number of rotatable bonds is 6. The highest BCUT2D eigenvalue weighted by atomic mass is 35.5. The lowest BCUT2D eigenvalue weighted by Gasteiger charge is -2.32. The summed E-state index contributed by atoms with van der Waals surface area (Å²) in [5, 5.41) is 2.97. The Morgan fingerprint density at radius 2 is 1.85 bits per heavy atom. The predicted molar refractivity (Wildman–Crippen MR) is 96.5 cm³/mol. The van der Waals surface area contributed by atoms with E-state index in [-0.39, 0.29) is 24.5 Å². The van der Waals surface area contributed by atoms with E-state index in [1.807, 2.05) is 0 Å². The van der Waals surface area contributed by atoms with E-state index in [9.17, 15) is 14.4 Å². The molecule has 26 heavy (non-hydrogen) atoms. The molecule has 2 rings (SSSR count). The summed E-state index contributed by atoms with van der Waals surface area (Å²) in [5.74, 6) is 0.497. The SMILES string of the molecule is CCOC(=O)Oc1ccc(C(=O)NC2CCN(C(=O)CCCl)CC2)cc1. The smallest absolute Gasteiger partial charge is 0.434 e. The zero-order valence-electron chi connectivity index (χ0n) is 14.7. The normalized spacial score (nSPS) is 14.6. The Labute approximate surface area is 157 Å². The minimum absolute atomic E-state index is 0.0259. The van der Waals surface area contributed by atoms with Crippen LogP contribution in [0.3, 0.4) is 0 Å². The summed E-state index contributed by atoms with van der Waals surface area (Å²) in [4.78, 5) is 37.2. The molecule has 1 aromatic carbocycles. The first-order valence-electron chi connectivity index (χ1n) is 8.62. The number of benzene rings is 1. The van der Waals surface area contributed by atoms with Crippen molar-refractivity contribution in [2.75, 3.05) is 25.6 Å². The number of likely N-dealkylation sites (tertiary alicyclic amines) is 1. The molecule has 1 aromatic rings. The number of halogens is 1. The molecule has 0 radical (unpaired) electrons. The largest absolute Gasteiger partial charge is 0.513 e. The molecule has 1 N–H and O–H groups in total. The van der Waals surface area contributed by atoms with Gasteiger partial charge in [-0.05, 0) is 44.0 Å². The van der Waals surface area contributed by atoms with E-state index in [2.05, 4.69) is 10.1 Å². The van der Waals surface area contributed by atoms with Crippen LogP contribution >= 0.6 is 11.6 Å². The lowest BCUT2D eigenvalue weighted by Crippen LogP contribution is -2.46. The molecule has 1 aliphatic heterocycles. The summed E-state index contributed by atoms with van der Waals surface area (Å²) < 4.78 is 9.64. The maximum absolute atomic E-state index is 12.3. The van der Waals surface area contributed by atoms with Crippen LogP contribution in [-0.2, 0) is 9.53 Å². The number of carbonyl (C=O) groups excluding carboxylic acids is 3. The van der Waals surface area contributed by atoms with Gasteiger partial charge in [0.05, 0.1) is 6.61 Å². The molecular weight excluding hydrogens is 360 g/mol. The Morgan fingerprint density at radius 1 is 1.19 bits per heavy atom. The van der Waals surface area contributed by atoms with Gasteiger partial charge in [0, 0.05) is 37.0 Å². The van der Waals surface area contributed by atoms with Gasteiger partial charge in [0.15, 0.2) is 0 Å². The Kier molecular flexibility index (Phi) is 7.72. The van der Waals surface area contributed by atoms with E-state index >= 15 is 0 Å². The first-order valence-corrected chi connectivity index (χ1v) is 9.16. The van der Waals surface area contributed by atoms with E-state index in [1.165, 1.54) is 0 Å². The molecule has 7 nitrogen and oxygen atoms in total. The number of hydrogen-bond acceptors (Lipinski definition) is 5. The molecular formula is C18H23ClN2O5. The highest BCUT2D eigenvalue weighted by Gasteiger charge is 2.23. The maximum Gasteiger partial charge on any atom is 0.513 e. The lowest BCUT2D eigenvalue weighted by molar-refractivity contribution is -0.131. The van der Waals surface area contributed by atoms with Crippen LogP contribution in [-0.4, -0.2) is 54.5 Å². The molecule has 2 amide bonds. The summed E-state index contributed by atoms with van der Waals surface area (Å²) in [7, 11) is 0. The summed E-state index contributed by atoms with van der Waals surface area (Å²) in [6.45, 7) is 3.16. The van der Waals surface area contributed by atoms with E-state index < -0.39 is 6.16 Å². The average molecular weight is 383 g/mol. The number of nitrogens with zero attached hydrogens (tertiary/aromatic N) is 1. The summed E-state index contributed by atoms with van der Waals surface area (Å²) in [6, 6.07) is 6.28. The van der Waals surface area contributed by atoms with Crippen LogP contribution in [0.1, 0.15) is 36.5 Å². The van der Waals surface area contributed by atoms with Gasteiger partial charge in [-0.3, -0.25) is 9.59 Å². The second kappa shape index (κ2) is 10.0.